The number of benzene rings is 1. The monoisotopic (exact) mass is 268 g/mol. The molecule has 90 valence electrons. The Morgan fingerprint density at radius 3 is 2.59 bits per heavy atom. The summed E-state index contributed by atoms with van der Waals surface area (Å²) in [4.78, 5) is 0. The molecule has 1 heterocycles. The third kappa shape index (κ3) is 3.25. The fraction of sp³-hybridized carbons (Fsp3) is 0.231. The minimum atomic E-state index is 0.590. The molecule has 0 bridgehead atoms. The maximum atomic E-state index is 5.98. The van der Waals surface area contributed by atoms with E-state index < -0.39 is 0 Å². The van der Waals surface area contributed by atoms with Gasteiger partial charge in [0.25, 0.3) is 0 Å². The number of nitrogens with zero attached hydrogens (tertiary/aromatic N) is 1. The Morgan fingerprint density at radius 1 is 1.06 bits per heavy atom. The average Bonchev–Trinajstić information content (AvgIpc) is 2.72. The zero-order chi connectivity index (χ0) is 12.3. The molecule has 0 unspecified atom stereocenters. The molecule has 0 aliphatic rings. The molecule has 0 atom stereocenters. The Morgan fingerprint density at radius 2 is 1.88 bits per heavy atom. The van der Waals surface area contributed by atoms with Gasteiger partial charge in [0.2, 0.25) is 0 Å². The minimum absolute atomic E-state index is 0.590. The second kappa shape index (κ2) is 5.58. The Balaban J connectivity index is 2.11. The molecule has 0 spiro atoms. The van der Waals surface area contributed by atoms with Crippen molar-refractivity contribution in [3.05, 3.63) is 57.8 Å². The van der Waals surface area contributed by atoms with E-state index in [0.717, 1.165) is 18.5 Å². The molecule has 0 fully saturated rings. The van der Waals surface area contributed by atoms with Crippen molar-refractivity contribution in [1.82, 2.24) is 4.57 Å². The Hall–Kier alpha value is -0.960. The first kappa shape index (κ1) is 12.5. The SMILES string of the molecule is NCCc1ccn(Cc2ccc(Cl)c(Cl)c2)c1. The Kier molecular flexibility index (Phi) is 4.11. The van der Waals surface area contributed by atoms with Crippen LogP contribution in [0.3, 0.4) is 0 Å². The van der Waals surface area contributed by atoms with Gasteiger partial charge in [0.15, 0.2) is 0 Å². The van der Waals surface area contributed by atoms with Gasteiger partial charge in [-0.05, 0) is 42.3 Å². The van der Waals surface area contributed by atoms with Gasteiger partial charge in [0.05, 0.1) is 10.0 Å². The molecule has 0 aliphatic carbocycles. The van der Waals surface area contributed by atoms with E-state index in [1.54, 1.807) is 0 Å². The van der Waals surface area contributed by atoms with Crippen LogP contribution >= 0.6 is 23.2 Å². The number of rotatable bonds is 4. The van der Waals surface area contributed by atoms with E-state index in [2.05, 4.69) is 16.8 Å². The Bertz CT molecular complexity index is 506. The van der Waals surface area contributed by atoms with Crippen molar-refractivity contribution in [3.63, 3.8) is 0 Å². The molecular weight excluding hydrogens is 255 g/mol. The summed E-state index contributed by atoms with van der Waals surface area (Å²) in [5.74, 6) is 0. The zero-order valence-corrected chi connectivity index (χ0v) is 10.9. The predicted molar refractivity (Wildman–Crippen MR) is 72.8 cm³/mol. The minimum Gasteiger partial charge on any atom is -0.350 e. The summed E-state index contributed by atoms with van der Waals surface area (Å²) in [6.07, 6.45) is 5.07. The topological polar surface area (TPSA) is 30.9 Å². The van der Waals surface area contributed by atoms with Gasteiger partial charge in [-0.15, -0.1) is 0 Å². The normalized spacial score (nSPS) is 10.8. The van der Waals surface area contributed by atoms with Gasteiger partial charge in [0.1, 0.15) is 0 Å². The second-order valence-corrected chi connectivity index (χ2v) is 4.79. The van der Waals surface area contributed by atoms with Crippen LogP contribution in [0.15, 0.2) is 36.7 Å². The van der Waals surface area contributed by atoms with E-state index in [-0.39, 0.29) is 0 Å². The fourth-order valence-corrected chi connectivity index (χ4v) is 2.07. The number of nitrogens with two attached hydrogens (primary N) is 1. The summed E-state index contributed by atoms with van der Waals surface area (Å²) in [5, 5.41) is 1.19. The second-order valence-electron chi connectivity index (χ2n) is 3.98. The van der Waals surface area contributed by atoms with Crippen LogP contribution in [-0.4, -0.2) is 11.1 Å². The van der Waals surface area contributed by atoms with Crippen LogP contribution < -0.4 is 5.73 Å². The summed E-state index contributed by atoms with van der Waals surface area (Å²) < 4.78 is 2.12. The molecular formula is C13H14Cl2N2. The summed E-state index contributed by atoms with van der Waals surface area (Å²) in [7, 11) is 0. The van der Waals surface area contributed by atoms with Gasteiger partial charge in [-0.25, -0.2) is 0 Å². The summed E-state index contributed by atoms with van der Waals surface area (Å²) >= 11 is 11.9. The highest BCUT2D eigenvalue weighted by Crippen LogP contribution is 2.23. The molecule has 0 saturated heterocycles. The van der Waals surface area contributed by atoms with E-state index in [0.29, 0.717) is 16.6 Å². The summed E-state index contributed by atoms with van der Waals surface area (Å²) in [6, 6.07) is 7.79. The third-order valence-corrected chi connectivity index (χ3v) is 3.33. The molecule has 2 aromatic rings. The lowest BCUT2D eigenvalue weighted by atomic mass is 10.2. The first-order chi connectivity index (χ1) is 8.19. The van der Waals surface area contributed by atoms with Crippen LogP contribution in [0.25, 0.3) is 0 Å². The lowest BCUT2D eigenvalue weighted by Gasteiger charge is -2.04. The van der Waals surface area contributed by atoms with Crippen LogP contribution in [0.5, 0.6) is 0 Å². The van der Waals surface area contributed by atoms with Gasteiger partial charge >= 0.3 is 0 Å². The molecule has 0 saturated carbocycles. The highest BCUT2D eigenvalue weighted by molar-refractivity contribution is 6.42. The summed E-state index contributed by atoms with van der Waals surface area (Å²) in [6.45, 7) is 1.47. The predicted octanol–water partition coefficient (Wildman–Crippen LogP) is 3.34. The molecule has 0 aliphatic heterocycles. The maximum Gasteiger partial charge on any atom is 0.0595 e. The fourth-order valence-electron chi connectivity index (χ4n) is 1.75. The first-order valence-electron chi connectivity index (χ1n) is 5.47. The van der Waals surface area contributed by atoms with Gasteiger partial charge in [0, 0.05) is 18.9 Å². The van der Waals surface area contributed by atoms with Crippen LogP contribution in [0, 0.1) is 0 Å². The molecule has 2 nitrogen and oxygen atoms in total. The van der Waals surface area contributed by atoms with Crippen molar-refractivity contribution in [2.75, 3.05) is 6.54 Å². The molecule has 1 aromatic carbocycles. The van der Waals surface area contributed by atoms with Gasteiger partial charge in [-0.2, -0.15) is 0 Å². The van der Waals surface area contributed by atoms with E-state index >= 15 is 0 Å². The van der Waals surface area contributed by atoms with Crippen molar-refractivity contribution in [1.29, 1.82) is 0 Å². The number of halogens is 2. The van der Waals surface area contributed by atoms with E-state index in [1.165, 1.54) is 5.56 Å². The first-order valence-corrected chi connectivity index (χ1v) is 6.23. The molecule has 0 radical (unpaired) electrons. The molecule has 2 rings (SSSR count). The van der Waals surface area contributed by atoms with Crippen LogP contribution in [0.4, 0.5) is 0 Å². The van der Waals surface area contributed by atoms with Gasteiger partial charge in [-0.3, -0.25) is 0 Å². The summed E-state index contributed by atoms with van der Waals surface area (Å²) in [5.41, 5.74) is 7.91. The smallest absolute Gasteiger partial charge is 0.0595 e. The van der Waals surface area contributed by atoms with E-state index in [4.69, 9.17) is 28.9 Å². The molecule has 17 heavy (non-hydrogen) atoms. The largest absolute Gasteiger partial charge is 0.350 e. The van der Waals surface area contributed by atoms with Crippen LogP contribution in [0.2, 0.25) is 10.0 Å². The number of hydrogen-bond acceptors (Lipinski definition) is 1. The third-order valence-electron chi connectivity index (χ3n) is 2.59. The van der Waals surface area contributed by atoms with E-state index in [1.807, 2.05) is 24.4 Å². The van der Waals surface area contributed by atoms with Gasteiger partial charge < -0.3 is 10.3 Å². The average molecular weight is 269 g/mol. The van der Waals surface area contributed by atoms with Crippen molar-refractivity contribution in [2.24, 2.45) is 5.73 Å². The quantitative estimate of drug-likeness (QED) is 0.906. The van der Waals surface area contributed by atoms with Crippen molar-refractivity contribution in [2.45, 2.75) is 13.0 Å². The molecule has 1 aromatic heterocycles. The van der Waals surface area contributed by atoms with Gasteiger partial charge in [-0.1, -0.05) is 29.3 Å². The van der Waals surface area contributed by atoms with Crippen molar-refractivity contribution < 1.29 is 0 Å². The maximum absolute atomic E-state index is 5.98. The molecule has 0 amide bonds. The lowest BCUT2D eigenvalue weighted by molar-refractivity contribution is 0.800. The standard InChI is InChI=1S/C13H14Cl2N2/c14-12-2-1-11(7-13(12)15)9-17-6-4-10(8-17)3-5-16/h1-2,4,6-8H,3,5,9,16H2. The number of aromatic nitrogens is 1. The number of hydrogen-bond donors (Lipinski definition) is 1. The highest BCUT2D eigenvalue weighted by Gasteiger charge is 2.01. The molecule has 2 N–H and O–H groups in total. The Labute approximate surface area is 111 Å². The van der Waals surface area contributed by atoms with Crippen molar-refractivity contribution >= 4 is 23.2 Å². The zero-order valence-electron chi connectivity index (χ0n) is 9.37. The molecule has 4 heteroatoms. The van der Waals surface area contributed by atoms with E-state index in [9.17, 15) is 0 Å². The van der Waals surface area contributed by atoms with Crippen molar-refractivity contribution in [3.8, 4) is 0 Å². The van der Waals surface area contributed by atoms with Crippen LogP contribution in [0.1, 0.15) is 11.1 Å². The highest BCUT2D eigenvalue weighted by atomic mass is 35.5. The lowest BCUT2D eigenvalue weighted by Crippen LogP contribution is -2.02. The van der Waals surface area contributed by atoms with Crippen LogP contribution in [-0.2, 0) is 13.0 Å².